The molecule has 0 aliphatic heterocycles. The van der Waals surface area contributed by atoms with Crippen LogP contribution in [0.2, 0.25) is 5.02 Å². The lowest BCUT2D eigenvalue weighted by Crippen LogP contribution is -2.03. The molecule has 2 rings (SSSR count). The predicted molar refractivity (Wildman–Crippen MR) is 67.8 cm³/mol. The number of nitrogens with one attached hydrogen (secondary N) is 1. The summed E-state index contributed by atoms with van der Waals surface area (Å²) >= 11 is 7.41. The molecule has 3 N–H and O–H groups in total. The molecule has 0 saturated heterocycles. The predicted octanol–water partition coefficient (Wildman–Crippen LogP) is 2.69. The number of aromatic nitrogens is 2. The van der Waals surface area contributed by atoms with Gasteiger partial charge >= 0.3 is 0 Å². The van der Waals surface area contributed by atoms with Crippen LogP contribution in [0.1, 0.15) is 9.88 Å². The third kappa shape index (κ3) is 2.62. The van der Waals surface area contributed by atoms with Crippen LogP contribution in [-0.2, 0) is 6.54 Å². The minimum Gasteiger partial charge on any atom is -0.396 e. The smallest absolute Gasteiger partial charge is 0.149 e. The number of thiazole rings is 1. The summed E-state index contributed by atoms with van der Waals surface area (Å²) in [6.07, 6.45) is 3.41. The number of anilines is 2. The molecule has 4 nitrogen and oxygen atoms in total. The number of rotatable bonds is 3. The lowest BCUT2D eigenvalue weighted by Gasteiger charge is -2.06. The van der Waals surface area contributed by atoms with Gasteiger partial charge in [-0.25, -0.2) is 9.97 Å². The number of hydrogen-bond acceptors (Lipinski definition) is 5. The van der Waals surface area contributed by atoms with E-state index in [0.717, 1.165) is 9.88 Å². The number of aryl methyl sites for hydroxylation is 1. The van der Waals surface area contributed by atoms with Crippen LogP contribution in [0.5, 0.6) is 0 Å². The molecule has 0 aromatic carbocycles. The van der Waals surface area contributed by atoms with Gasteiger partial charge in [-0.05, 0) is 13.0 Å². The molecule has 2 heterocycles. The monoisotopic (exact) mass is 254 g/mol. The SMILES string of the molecule is Cc1ncc(CNc2ncc(Cl)cc2N)s1. The maximum Gasteiger partial charge on any atom is 0.149 e. The minimum absolute atomic E-state index is 0.539. The summed E-state index contributed by atoms with van der Waals surface area (Å²) in [6.45, 7) is 2.65. The molecule has 0 saturated carbocycles. The molecule has 2 aromatic rings. The van der Waals surface area contributed by atoms with E-state index in [4.69, 9.17) is 17.3 Å². The van der Waals surface area contributed by atoms with Crippen molar-refractivity contribution < 1.29 is 0 Å². The molecule has 84 valence electrons. The van der Waals surface area contributed by atoms with Crippen molar-refractivity contribution in [2.24, 2.45) is 0 Å². The molecule has 0 aliphatic rings. The molecule has 6 heteroatoms. The standard InChI is InChI=1S/C10H11ClN4S/c1-6-13-4-8(16-6)5-15-10-9(12)2-7(11)3-14-10/h2-4H,5,12H2,1H3,(H,14,15). The minimum atomic E-state index is 0.539. The number of halogens is 1. The third-order valence-electron chi connectivity index (χ3n) is 1.98. The van der Waals surface area contributed by atoms with E-state index < -0.39 is 0 Å². The second-order valence-corrected chi connectivity index (χ2v) is 5.05. The van der Waals surface area contributed by atoms with Crippen LogP contribution in [-0.4, -0.2) is 9.97 Å². The average molecular weight is 255 g/mol. The van der Waals surface area contributed by atoms with Crippen LogP contribution < -0.4 is 11.1 Å². The van der Waals surface area contributed by atoms with E-state index >= 15 is 0 Å². The van der Waals surface area contributed by atoms with Gasteiger partial charge in [-0.3, -0.25) is 0 Å². The molecule has 0 fully saturated rings. The molecule has 2 aromatic heterocycles. The van der Waals surface area contributed by atoms with Crippen LogP contribution in [0.4, 0.5) is 11.5 Å². The van der Waals surface area contributed by atoms with Crippen molar-refractivity contribution in [1.82, 2.24) is 9.97 Å². The van der Waals surface area contributed by atoms with Crippen molar-refractivity contribution in [2.45, 2.75) is 13.5 Å². The molecule has 16 heavy (non-hydrogen) atoms. The van der Waals surface area contributed by atoms with Gasteiger partial charge in [0.2, 0.25) is 0 Å². The molecule has 0 unspecified atom stereocenters. The van der Waals surface area contributed by atoms with Gasteiger partial charge < -0.3 is 11.1 Å². The second-order valence-electron chi connectivity index (χ2n) is 3.29. The fourth-order valence-corrected chi connectivity index (χ4v) is 2.16. The topological polar surface area (TPSA) is 63.8 Å². The Morgan fingerprint density at radius 2 is 2.25 bits per heavy atom. The first-order valence-electron chi connectivity index (χ1n) is 4.71. The zero-order chi connectivity index (χ0) is 11.5. The van der Waals surface area contributed by atoms with Crippen molar-refractivity contribution in [3.8, 4) is 0 Å². The van der Waals surface area contributed by atoms with Gasteiger partial charge in [-0.15, -0.1) is 11.3 Å². The molecular weight excluding hydrogens is 244 g/mol. The Labute approximate surface area is 102 Å². The van der Waals surface area contributed by atoms with Gasteiger partial charge in [0, 0.05) is 17.3 Å². The highest BCUT2D eigenvalue weighted by Gasteiger charge is 2.03. The van der Waals surface area contributed by atoms with E-state index in [1.165, 1.54) is 0 Å². The fraction of sp³-hybridized carbons (Fsp3) is 0.200. The summed E-state index contributed by atoms with van der Waals surface area (Å²) in [7, 11) is 0. The van der Waals surface area contributed by atoms with Gasteiger partial charge in [-0.2, -0.15) is 0 Å². The number of nitrogens with zero attached hydrogens (tertiary/aromatic N) is 2. The van der Waals surface area contributed by atoms with Crippen LogP contribution in [0.25, 0.3) is 0 Å². The first-order chi connectivity index (χ1) is 7.65. The molecule has 0 radical (unpaired) electrons. The average Bonchev–Trinajstić information content (AvgIpc) is 2.63. The second kappa shape index (κ2) is 4.67. The highest BCUT2D eigenvalue weighted by Crippen LogP contribution is 2.20. The Balaban J connectivity index is 2.04. The van der Waals surface area contributed by atoms with Crippen molar-refractivity contribution in [2.75, 3.05) is 11.1 Å². The molecule has 0 bridgehead atoms. The summed E-state index contributed by atoms with van der Waals surface area (Å²) in [5, 5.41) is 4.73. The van der Waals surface area contributed by atoms with E-state index in [1.807, 2.05) is 13.1 Å². The van der Waals surface area contributed by atoms with Gasteiger partial charge in [0.1, 0.15) is 5.82 Å². The Bertz CT molecular complexity index is 497. The molecule has 0 amide bonds. The molecular formula is C10H11ClN4S. The molecule has 0 spiro atoms. The first kappa shape index (κ1) is 11.2. The Morgan fingerprint density at radius 3 is 2.88 bits per heavy atom. The summed E-state index contributed by atoms with van der Waals surface area (Å²) in [6, 6.07) is 1.68. The Morgan fingerprint density at radius 1 is 1.44 bits per heavy atom. The Hall–Kier alpha value is -1.33. The van der Waals surface area contributed by atoms with E-state index in [0.29, 0.717) is 23.1 Å². The largest absolute Gasteiger partial charge is 0.396 e. The lowest BCUT2D eigenvalue weighted by atomic mass is 10.4. The zero-order valence-corrected chi connectivity index (χ0v) is 10.3. The highest BCUT2D eigenvalue weighted by atomic mass is 35.5. The third-order valence-corrected chi connectivity index (χ3v) is 3.10. The van der Waals surface area contributed by atoms with Gasteiger partial charge in [0.25, 0.3) is 0 Å². The van der Waals surface area contributed by atoms with E-state index in [-0.39, 0.29) is 0 Å². The van der Waals surface area contributed by atoms with Crippen molar-refractivity contribution in [1.29, 1.82) is 0 Å². The number of nitrogens with two attached hydrogens (primary N) is 1. The van der Waals surface area contributed by atoms with Crippen LogP contribution in [0.3, 0.4) is 0 Å². The maximum absolute atomic E-state index is 5.77. The van der Waals surface area contributed by atoms with E-state index in [9.17, 15) is 0 Å². The molecule has 0 atom stereocenters. The lowest BCUT2D eigenvalue weighted by molar-refractivity contribution is 1.13. The van der Waals surface area contributed by atoms with Crippen molar-refractivity contribution in [3.63, 3.8) is 0 Å². The number of pyridine rings is 1. The summed E-state index contributed by atoms with van der Waals surface area (Å²) < 4.78 is 0. The van der Waals surface area contributed by atoms with E-state index in [2.05, 4.69) is 15.3 Å². The summed E-state index contributed by atoms with van der Waals surface area (Å²) in [5.74, 6) is 0.649. The first-order valence-corrected chi connectivity index (χ1v) is 5.91. The highest BCUT2D eigenvalue weighted by molar-refractivity contribution is 7.11. The Kier molecular flexibility index (Phi) is 3.26. The van der Waals surface area contributed by atoms with Crippen LogP contribution in [0.15, 0.2) is 18.5 Å². The normalized spacial score (nSPS) is 10.4. The van der Waals surface area contributed by atoms with Gasteiger partial charge in [-0.1, -0.05) is 11.6 Å². The molecule has 0 aliphatic carbocycles. The summed E-state index contributed by atoms with van der Waals surface area (Å²) in [4.78, 5) is 9.43. The van der Waals surface area contributed by atoms with Gasteiger partial charge in [0.05, 0.1) is 22.3 Å². The quantitative estimate of drug-likeness (QED) is 0.884. The van der Waals surface area contributed by atoms with Crippen LogP contribution in [0, 0.1) is 6.92 Å². The number of hydrogen-bond donors (Lipinski definition) is 2. The fourth-order valence-electron chi connectivity index (χ4n) is 1.26. The van der Waals surface area contributed by atoms with Gasteiger partial charge in [0.15, 0.2) is 0 Å². The number of nitrogen functional groups attached to an aromatic ring is 1. The van der Waals surface area contributed by atoms with Crippen LogP contribution >= 0.6 is 22.9 Å². The summed E-state index contributed by atoms with van der Waals surface area (Å²) in [5.41, 5.74) is 6.32. The maximum atomic E-state index is 5.77. The van der Waals surface area contributed by atoms with E-state index in [1.54, 1.807) is 23.6 Å². The van der Waals surface area contributed by atoms with Crippen molar-refractivity contribution >= 4 is 34.4 Å². The zero-order valence-electron chi connectivity index (χ0n) is 8.70. The van der Waals surface area contributed by atoms with Crippen molar-refractivity contribution in [3.05, 3.63) is 33.4 Å².